The van der Waals surface area contributed by atoms with Crippen LogP contribution in [0.2, 0.25) is 0 Å². The second-order valence-electron chi connectivity index (χ2n) is 3.74. The van der Waals surface area contributed by atoms with Crippen molar-refractivity contribution in [2.24, 2.45) is 11.8 Å². The molecule has 4 N–H and O–H groups in total. The van der Waals surface area contributed by atoms with E-state index in [-0.39, 0.29) is 5.91 Å². The van der Waals surface area contributed by atoms with Crippen LogP contribution in [-0.2, 0) is 0 Å². The summed E-state index contributed by atoms with van der Waals surface area (Å²) in [4.78, 5) is 11.6. The molecule has 0 aromatic carbocycles. The van der Waals surface area contributed by atoms with Crippen molar-refractivity contribution in [2.45, 2.75) is 19.4 Å². The maximum absolute atomic E-state index is 11.6. The van der Waals surface area contributed by atoms with Gasteiger partial charge >= 0.3 is 0 Å². The number of nitrogen functional groups attached to an aromatic ring is 1. The Morgan fingerprint density at radius 3 is 2.73 bits per heavy atom. The van der Waals surface area contributed by atoms with Gasteiger partial charge in [0.2, 0.25) is 0 Å². The van der Waals surface area contributed by atoms with Gasteiger partial charge in [0.05, 0.1) is 0 Å². The van der Waals surface area contributed by atoms with Crippen LogP contribution in [0.3, 0.4) is 0 Å². The molecule has 1 saturated carbocycles. The molecule has 1 aliphatic rings. The van der Waals surface area contributed by atoms with E-state index in [0.717, 1.165) is 6.42 Å². The molecular formula is C9H13N5O. The Kier molecular flexibility index (Phi) is 2.51. The van der Waals surface area contributed by atoms with Gasteiger partial charge in [-0.3, -0.25) is 4.79 Å². The maximum atomic E-state index is 11.6. The van der Waals surface area contributed by atoms with Gasteiger partial charge in [0.15, 0.2) is 11.5 Å². The first-order valence-electron chi connectivity index (χ1n) is 4.82. The summed E-state index contributed by atoms with van der Waals surface area (Å²) in [6, 6.07) is 3.50. The summed E-state index contributed by atoms with van der Waals surface area (Å²) in [6.45, 7) is 2.10. The number of hydrogen-bond donors (Lipinski definition) is 3. The summed E-state index contributed by atoms with van der Waals surface area (Å²) >= 11 is 0. The smallest absolute Gasteiger partial charge is 0.272 e. The van der Waals surface area contributed by atoms with Gasteiger partial charge in [0.25, 0.3) is 5.91 Å². The van der Waals surface area contributed by atoms with E-state index in [1.54, 1.807) is 12.1 Å². The third-order valence-electron chi connectivity index (χ3n) is 2.47. The van der Waals surface area contributed by atoms with E-state index >= 15 is 0 Å². The van der Waals surface area contributed by atoms with Gasteiger partial charge < -0.3 is 10.7 Å². The van der Waals surface area contributed by atoms with Gasteiger partial charge in [-0.05, 0) is 24.5 Å². The van der Waals surface area contributed by atoms with Gasteiger partial charge in [-0.1, -0.05) is 6.92 Å². The molecule has 2 atom stereocenters. The second kappa shape index (κ2) is 3.82. The van der Waals surface area contributed by atoms with E-state index in [2.05, 4.69) is 27.9 Å². The topological polar surface area (TPSA) is 92.9 Å². The number of carbonyl (C=O) groups is 1. The zero-order chi connectivity index (χ0) is 10.8. The number of aromatic nitrogens is 2. The van der Waals surface area contributed by atoms with Crippen molar-refractivity contribution in [2.75, 3.05) is 5.43 Å². The number of hydrazine groups is 1. The van der Waals surface area contributed by atoms with Crippen LogP contribution in [-0.4, -0.2) is 22.1 Å². The molecule has 0 aliphatic heterocycles. The van der Waals surface area contributed by atoms with Crippen molar-refractivity contribution < 1.29 is 4.79 Å². The van der Waals surface area contributed by atoms with E-state index < -0.39 is 0 Å². The summed E-state index contributed by atoms with van der Waals surface area (Å²) in [5, 5.41) is 10.3. The molecular weight excluding hydrogens is 194 g/mol. The maximum Gasteiger partial charge on any atom is 0.272 e. The SMILES string of the molecule is CC1CC1NC(=O)c1ccc(NN)nn1. The second-order valence-corrected chi connectivity index (χ2v) is 3.74. The van der Waals surface area contributed by atoms with Gasteiger partial charge in [-0.2, -0.15) is 0 Å². The Balaban J connectivity index is 1.99. The third kappa shape index (κ3) is 2.21. The van der Waals surface area contributed by atoms with Crippen molar-refractivity contribution in [1.29, 1.82) is 0 Å². The van der Waals surface area contributed by atoms with Crippen LogP contribution in [0.5, 0.6) is 0 Å². The number of nitrogens with two attached hydrogens (primary N) is 1. The Bertz CT molecular complexity index is 363. The van der Waals surface area contributed by atoms with Crippen LogP contribution in [0.25, 0.3) is 0 Å². The number of carbonyl (C=O) groups excluding carboxylic acids is 1. The lowest BCUT2D eigenvalue weighted by molar-refractivity contribution is 0.0943. The lowest BCUT2D eigenvalue weighted by atomic mass is 10.3. The summed E-state index contributed by atoms with van der Waals surface area (Å²) in [6.07, 6.45) is 1.04. The van der Waals surface area contributed by atoms with E-state index in [4.69, 9.17) is 5.84 Å². The standard InChI is InChI=1S/C9H13N5O/c1-5-4-7(5)11-9(15)6-2-3-8(12-10)14-13-6/h2-3,5,7H,4,10H2,1H3,(H,11,15)(H,12,14). The van der Waals surface area contributed by atoms with Gasteiger partial charge in [0, 0.05) is 6.04 Å². The first kappa shape index (κ1) is 9.85. The Labute approximate surface area is 87.2 Å². The van der Waals surface area contributed by atoms with Crippen LogP contribution < -0.4 is 16.6 Å². The number of rotatable bonds is 3. The zero-order valence-electron chi connectivity index (χ0n) is 8.40. The number of nitrogens with zero attached hydrogens (tertiary/aromatic N) is 2. The molecule has 1 fully saturated rings. The fraction of sp³-hybridized carbons (Fsp3) is 0.444. The fourth-order valence-corrected chi connectivity index (χ4v) is 1.30. The molecule has 0 spiro atoms. The normalized spacial score (nSPS) is 23.3. The van der Waals surface area contributed by atoms with Crippen molar-refractivity contribution >= 4 is 11.7 Å². The molecule has 2 unspecified atom stereocenters. The molecule has 80 valence electrons. The minimum absolute atomic E-state index is 0.180. The highest BCUT2D eigenvalue weighted by Crippen LogP contribution is 2.29. The molecule has 1 amide bonds. The Morgan fingerprint density at radius 1 is 1.53 bits per heavy atom. The van der Waals surface area contributed by atoms with Crippen LogP contribution in [0.1, 0.15) is 23.8 Å². The van der Waals surface area contributed by atoms with Crippen LogP contribution in [0.15, 0.2) is 12.1 Å². The molecule has 0 bridgehead atoms. The van der Waals surface area contributed by atoms with Crippen LogP contribution >= 0.6 is 0 Å². The van der Waals surface area contributed by atoms with E-state index in [1.165, 1.54) is 0 Å². The minimum Gasteiger partial charge on any atom is -0.348 e. The van der Waals surface area contributed by atoms with Gasteiger partial charge in [-0.25, -0.2) is 5.84 Å². The lowest BCUT2D eigenvalue weighted by Crippen LogP contribution is -2.27. The quantitative estimate of drug-likeness (QED) is 0.475. The molecule has 6 heteroatoms. The molecule has 0 saturated heterocycles. The van der Waals surface area contributed by atoms with Crippen molar-refractivity contribution in [3.05, 3.63) is 17.8 Å². The molecule has 1 aromatic rings. The number of hydrogen-bond acceptors (Lipinski definition) is 5. The minimum atomic E-state index is -0.180. The highest BCUT2D eigenvalue weighted by molar-refractivity contribution is 5.92. The lowest BCUT2D eigenvalue weighted by Gasteiger charge is -2.02. The predicted octanol–water partition coefficient (Wildman–Crippen LogP) is -0.0996. The fourth-order valence-electron chi connectivity index (χ4n) is 1.30. The van der Waals surface area contributed by atoms with Crippen molar-refractivity contribution in [3.63, 3.8) is 0 Å². The van der Waals surface area contributed by atoms with Crippen molar-refractivity contribution in [3.8, 4) is 0 Å². The highest BCUT2D eigenvalue weighted by Gasteiger charge is 2.34. The first-order valence-corrected chi connectivity index (χ1v) is 4.82. The van der Waals surface area contributed by atoms with E-state index in [9.17, 15) is 4.79 Å². The van der Waals surface area contributed by atoms with Crippen LogP contribution in [0.4, 0.5) is 5.82 Å². The summed E-state index contributed by atoms with van der Waals surface area (Å²) in [7, 11) is 0. The zero-order valence-corrected chi connectivity index (χ0v) is 8.40. The Hall–Kier alpha value is -1.69. The molecule has 2 rings (SSSR count). The average molecular weight is 207 g/mol. The highest BCUT2D eigenvalue weighted by atomic mass is 16.2. The summed E-state index contributed by atoms with van der Waals surface area (Å²) in [5.41, 5.74) is 2.66. The van der Waals surface area contributed by atoms with Gasteiger partial charge in [-0.15, -0.1) is 10.2 Å². The Morgan fingerprint density at radius 2 is 2.27 bits per heavy atom. The summed E-state index contributed by atoms with van der Waals surface area (Å²) in [5.74, 6) is 5.96. The van der Waals surface area contributed by atoms with Crippen molar-refractivity contribution in [1.82, 2.24) is 15.5 Å². The largest absolute Gasteiger partial charge is 0.348 e. The number of anilines is 1. The first-order chi connectivity index (χ1) is 7.20. The molecule has 6 nitrogen and oxygen atoms in total. The number of amides is 1. The van der Waals surface area contributed by atoms with E-state index in [0.29, 0.717) is 23.5 Å². The predicted molar refractivity (Wildman–Crippen MR) is 54.9 cm³/mol. The molecule has 1 aliphatic carbocycles. The monoisotopic (exact) mass is 207 g/mol. The third-order valence-corrected chi connectivity index (χ3v) is 2.47. The number of nitrogens with one attached hydrogen (secondary N) is 2. The van der Waals surface area contributed by atoms with E-state index in [1.807, 2.05) is 0 Å². The molecule has 1 heterocycles. The molecule has 0 radical (unpaired) electrons. The van der Waals surface area contributed by atoms with Crippen LogP contribution in [0, 0.1) is 5.92 Å². The van der Waals surface area contributed by atoms with Gasteiger partial charge in [0.1, 0.15) is 0 Å². The molecule has 1 aromatic heterocycles. The molecule has 15 heavy (non-hydrogen) atoms. The average Bonchev–Trinajstić information content (AvgIpc) is 2.94. The summed E-state index contributed by atoms with van der Waals surface area (Å²) < 4.78 is 0.